The molecule has 0 atom stereocenters. The average Bonchev–Trinajstić information content (AvgIpc) is 2.79. The number of carbonyl (C=O) groups excluding carboxylic acids is 1. The molecule has 0 spiro atoms. The molecule has 0 fully saturated rings. The third-order valence-corrected chi connectivity index (χ3v) is 3.78. The van der Waals surface area contributed by atoms with Crippen LogP contribution in [0.1, 0.15) is 82.1 Å². The molecule has 20 heavy (non-hydrogen) atoms. The lowest BCUT2D eigenvalue weighted by molar-refractivity contribution is 0.0968. The third kappa shape index (κ3) is 5.66. The van der Waals surface area contributed by atoms with Crippen molar-refractivity contribution >= 4 is 17.4 Å². The van der Waals surface area contributed by atoms with E-state index in [4.69, 9.17) is 11.6 Å². The van der Waals surface area contributed by atoms with Crippen LogP contribution in [0.5, 0.6) is 0 Å². The number of nitrogens with zero attached hydrogens (tertiary/aromatic N) is 2. The second kappa shape index (κ2) is 9.98. The summed E-state index contributed by atoms with van der Waals surface area (Å²) in [5, 5.41) is 4.66. The molecule has 0 aliphatic heterocycles. The number of hydrogen-bond donors (Lipinski definition) is 0. The molecule has 0 N–H and O–H groups in total. The Labute approximate surface area is 127 Å². The van der Waals surface area contributed by atoms with Gasteiger partial charge in [-0.1, -0.05) is 64.0 Å². The minimum absolute atomic E-state index is 0.134. The molecular formula is C16H27ClN2O. The topological polar surface area (TPSA) is 34.9 Å². The summed E-state index contributed by atoms with van der Waals surface area (Å²) in [5.74, 6) is 0.134. The summed E-state index contributed by atoms with van der Waals surface area (Å²) in [7, 11) is 0. The summed E-state index contributed by atoms with van der Waals surface area (Å²) in [6.45, 7) is 5.05. The monoisotopic (exact) mass is 298 g/mol. The summed E-state index contributed by atoms with van der Waals surface area (Å²) in [6.07, 6.45) is 11.6. The summed E-state index contributed by atoms with van der Waals surface area (Å²) in [4.78, 5) is 12.2. The van der Waals surface area contributed by atoms with Gasteiger partial charge in [-0.05, 0) is 12.8 Å². The summed E-state index contributed by atoms with van der Waals surface area (Å²) in [6, 6.07) is 0. The highest BCUT2D eigenvalue weighted by Gasteiger charge is 2.16. The van der Waals surface area contributed by atoms with Crippen molar-refractivity contribution in [2.24, 2.45) is 0 Å². The molecule has 0 aliphatic rings. The van der Waals surface area contributed by atoms with Gasteiger partial charge in [0, 0.05) is 13.0 Å². The Balaban J connectivity index is 2.30. The predicted octanol–water partition coefficient (Wildman–Crippen LogP) is 5.27. The second-order valence-electron chi connectivity index (χ2n) is 5.36. The van der Waals surface area contributed by atoms with E-state index in [0.717, 1.165) is 25.8 Å². The minimum atomic E-state index is 0.134. The standard InChI is InChI=1S/C16H27ClN2O/c1-3-5-6-7-8-9-10-11-15(20)16-14(17)13-18-19(16)12-4-2/h13H,3-12H2,1-2H3. The van der Waals surface area contributed by atoms with Gasteiger partial charge in [-0.3, -0.25) is 9.48 Å². The lowest BCUT2D eigenvalue weighted by Gasteiger charge is -2.06. The first kappa shape index (κ1) is 17.2. The molecule has 3 nitrogen and oxygen atoms in total. The molecule has 1 rings (SSSR count). The van der Waals surface area contributed by atoms with Crippen LogP contribution in [-0.2, 0) is 6.54 Å². The van der Waals surface area contributed by atoms with Crippen LogP contribution in [-0.4, -0.2) is 15.6 Å². The molecule has 4 heteroatoms. The molecule has 114 valence electrons. The first-order valence-corrected chi connectivity index (χ1v) is 8.33. The van der Waals surface area contributed by atoms with Crippen LogP contribution in [0.4, 0.5) is 0 Å². The summed E-state index contributed by atoms with van der Waals surface area (Å²) < 4.78 is 1.74. The molecule has 0 saturated carbocycles. The van der Waals surface area contributed by atoms with E-state index in [1.165, 1.54) is 32.1 Å². The molecule has 0 amide bonds. The van der Waals surface area contributed by atoms with Gasteiger partial charge in [0.25, 0.3) is 0 Å². The van der Waals surface area contributed by atoms with E-state index < -0.39 is 0 Å². The molecule has 0 bridgehead atoms. The quantitative estimate of drug-likeness (QED) is 0.412. The van der Waals surface area contributed by atoms with Crippen LogP contribution < -0.4 is 0 Å². The zero-order valence-electron chi connectivity index (χ0n) is 12.8. The average molecular weight is 299 g/mol. The van der Waals surface area contributed by atoms with E-state index >= 15 is 0 Å². The first-order valence-electron chi connectivity index (χ1n) is 7.95. The number of carbonyl (C=O) groups is 1. The molecule has 0 aliphatic carbocycles. The van der Waals surface area contributed by atoms with Gasteiger partial charge in [0.05, 0.1) is 11.2 Å². The lowest BCUT2D eigenvalue weighted by Crippen LogP contribution is -2.11. The molecule has 1 aromatic rings. The number of ketones is 1. The number of aromatic nitrogens is 2. The van der Waals surface area contributed by atoms with Gasteiger partial charge >= 0.3 is 0 Å². The maximum absolute atomic E-state index is 12.2. The van der Waals surface area contributed by atoms with Gasteiger partial charge in [-0.15, -0.1) is 0 Å². The van der Waals surface area contributed by atoms with Crippen molar-refractivity contribution in [1.82, 2.24) is 9.78 Å². The largest absolute Gasteiger partial charge is 0.292 e. The Morgan fingerprint density at radius 1 is 1.10 bits per heavy atom. The van der Waals surface area contributed by atoms with Crippen LogP contribution in [0.2, 0.25) is 5.02 Å². The Kier molecular flexibility index (Phi) is 8.59. The zero-order chi connectivity index (χ0) is 14.8. The maximum Gasteiger partial charge on any atom is 0.182 e. The van der Waals surface area contributed by atoms with Gasteiger partial charge in [0.2, 0.25) is 0 Å². The van der Waals surface area contributed by atoms with Crippen molar-refractivity contribution in [3.8, 4) is 0 Å². The van der Waals surface area contributed by atoms with Crippen LogP contribution in [0, 0.1) is 0 Å². The lowest BCUT2D eigenvalue weighted by atomic mass is 10.1. The molecule has 0 saturated heterocycles. The van der Waals surface area contributed by atoms with Crippen LogP contribution in [0.3, 0.4) is 0 Å². The third-order valence-electron chi connectivity index (χ3n) is 3.50. The fourth-order valence-corrected chi connectivity index (χ4v) is 2.63. The Morgan fingerprint density at radius 2 is 1.75 bits per heavy atom. The van der Waals surface area contributed by atoms with Crippen molar-refractivity contribution in [1.29, 1.82) is 0 Å². The smallest absolute Gasteiger partial charge is 0.182 e. The van der Waals surface area contributed by atoms with Gasteiger partial charge in [0.1, 0.15) is 5.69 Å². The van der Waals surface area contributed by atoms with E-state index in [9.17, 15) is 4.79 Å². The molecule has 1 heterocycles. The Morgan fingerprint density at radius 3 is 2.40 bits per heavy atom. The number of hydrogen-bond acceptors (Lipinski definition) is 2. The summed E-state index contributed by atoms with van der Waals surface area (Å²) >= 11 is 6.07. The Hall–Kier alpha value is -0.830. The molecule has 0 unspecified atom stereocenters. The first-order chi connectivity index (χ1) is 9.70. The van der Waals surface area contributed by atoms with Crippen molar-refractivity contribution in [2.75, 3.05) is 0 Å². The second-order valence-corrected chi connectivity index (χ2v) is 5.77. The van der Waals surface area contributed by atoms with Crippen LogP contribution in [0.25, 0.3) is 0 Å². The normalized spacial score (nSPS) is 10.9. The van der Waals surface area contributed by atoms with Gasteiger partial charge in [-0.2, -0.15) is 5.10 Å². The van der Waals surface area contributed by atoms with Crippen molar-refractivity contribution in [3.63, 3.8) is 0 Å². The SMILES string of the molecule is CCCCCCCCCC(=O)c1c(Cl)cnn1CCC. The van der Waals surface area contributed by atoms with Gasteiger partial charge in [-0.25, -0.2) is 0 Å². The van der Waals surface area contributed by atoms with Gasteiger partial charge < -0.3 is 0 Å². The highest BCUT2D eigenvalue weighted by molar-refractivity contribution is 6.33. The fourth-order valence-electron chi connectivity index (χ4n) is 2.38. The number of halogens is 1. The molecule has 1 aromatic heterocycles. The number of unbranched alkanes of at least 4 members (excludes halogenated alkanes) is 6. The fraction of sp³-hybridized carbons (Fsp3) is 0.750. The van der Waals surface area contributed by atoms with Crippen molar-refractivity contribution < 1.29 is 4.79 Å². The number of Topliss-reactive ketones (excluding diaryl/α,β-unsaturated/α-hetero) is 1. The molecular weight excluding hydrogens is 272 g/mol. The predicted molar refractivity (Wildman–Crippen MR) is 84.5 cm³/mol. The van der Waals surface area contributed by atoms with Gasteiger partial charge in [0.15, 0.2) is 5.78 Å². The van der Waals surface area contributed by atoms with E-state index in [0.29, 0.717) is 17.1 Å². The van der Waals surface area contributed by atoms with E-state index in [1.54, 1.807) is 10.9 Å². The summed E-state index contributed by atoms with van der Waals surface area (Å²) in [5.41, 5.74) is 0.597. The maximum atomic E-state index is 12.2. The molecule has 0 aromatic carbocycles. The van der Waals surface area contributed by atoms with Crippen LogP contribution in [0.15, 0.2) is 6.20 Å². The molecule has 0 radical (unpaired) electrons. The highest BCUT2D eigenvalue weighted by atomic mass is 35.5. The van der Waals surface area contributed by atoms with Crippen molar-refractivity contribution in [2.45, 2.75) is 78.2 Å². The van der Waals surface area contributed by atoms with E-state index in [-0.39, 0.29) is 5.78 Å². The van der Waals surface area contributed by atoms with E-state index in [2.05, 4.69) is 18.9 Å². The zero-order valence-corrected chi connectivity index (χ0v) is 13.6. The number of aryl methyl sites for hydroxylation is 1. The minimum Gasteiger partial charge on any atom is -0.292 e. The van der Waals surface area contributed by atoms with Crippen LogP contribution >= 0.6 is 11.6 Å². The number of rotatable bonds is 11. The highest BCUT2D eigenvalue weighted by Crippen LogP contribution is 2.19. The Bertz CT molecular complexity index is 401. The van der Waals surface area contributed by atoms with Crippen molar-refractivity contribution in [3.05, 3.63) is 16.9 Å². The van der Waals surface area contributed by atoms with E-state index in [1.807, 2.05) is 0 Å².